The Labute approximate surface area is 232 Å². The fourth-order valence-corrected chi connectivity index (χ4v) is 3.66. The van der Waals surface area contributed by atoms with Gasteiger partial charge in [0, 0.05) is 19.4 Å². The molecule has 0 saturated carbocycles. The standard InChI is InChI=1S/C27H39N3O10/c1-3-5-7-9-21(31)29-20(16-22(32)33)25(35)30-19(24(34)28-14-8-6-4-2)15-17-10-12-18(13-11-17)40-23(26(36)37)27(38)39/h10-13,19-20,23H,3-9,14-16H2,1-2H3,(H,28,34)(H,29,31)(H,30,35)(H,32,33)(H,36,37)(H,38,39)/t19?,20-/m0/s1. The number of aliphatic carboxylic acids is 3. The van der Waals surface area contributed by atoms with Gasteiger partial charge in [-0.1, -0.05) is 51.7 Å². The Morgan fingerprint density at radius 2 is 1.38 bits per heavy atom. The summed E-state index contributed by atoms with van der Waals surface area (Å²) in [5.74, 6) is -6.48. The smallest absolute Gasteiger partial charge is 0.356 e. The zero-order valence-corrected chi connectivity index (χ0v) is 22.8. The molecule has 222 valence electrons. The predicted molar refractivity (Wildman–Crippen MR) is 143 cm³/mol. The van der Waals surface area contributed by atoms with Gasteiger partial charge in [0.25, 0.3) is 6.10 Å². The van der Waals surface area contributed by atoms with Crippen LogP contribution in [-0.4, -0.2) is 75.7 Å². The monoisotopic (exact) mass is 565 g/mol. The van der Waals surface area contributed by atoms with Gasteiger partial charge < -0.3 is 36.0 Å². The maximum absolute atomic E-state index is 13.0. The average molecular weight is 566 g/mol. The molecule has 1 unspecified atom stereocenters. The predicted octanol–water partition coefficient (Wildman–Crippen LogP) is 1.48. The minimum Gasteiger partial charge on any atom is -0.481 e. The second-order valence-corrected chi connectivity index (χ2v) is 9.26. The maximum atomic E-state index is 13.0. The number of carbonyl (C=O) groups excluding carboxylic acids is 3. The fourth-order valence-electron chi connectivity index (χ4n) is 3.66. The third-order valence-electron chi connectivity index (χ3n) is 5.82. The molecule has 0 aromatic heterocycles. The van der Waals surface area contributed by atoms with Gasteiger partial charge in [-0.25, -0.2) is 9.59 Å². The lowest BCUT2D eigenvalue weighted by Crippen LogP contribution is -2.55. The summed E-state index contributed by atoms with van der Waals surface area (Å²) in [4.78, 5) is 71.8. The van der Waals surface area contributed by atoms with Crippen LogP contribution in [-0.2, 0) is 35.2 Å². The summed E-state index contributed by atoms with van der Waals surface area (Å²) < 4.78 is 4.98. The molecule has 0 aliphatic rings. The lowest BCUT2D eigenvalue weighted by Gasteiger charge is -2.23. The Hall–Kier alpha value is -4.16. The molecule has 0 heterocycles. The van der Waals surface area contributed by atoms with Gasteiger partial charge in [0.05, 0.1) is 6.42 Å². The van der Waals surface area contributed by atoms with Crippen LogP contribution in [0.3, 0.4) is 0 Å². The molecule has 1 aromatic rings. The van der Waals surface area contributed by atoms with Crippen LogP contribution >= 0.6 is 0 Å². The highest BCUT2D eigenvalue weighted by atomic mass is 16.5. The van der Waals surface area contributed by atoms with Gasteiger partial charge in [-0.05, 0) is 30.5 Å². The number of amides is 3. The molecule has 6 N–H and O–H groups in total. The van der Waals surface area contributed by atoms with Crippen LogP contribution in [0.1, 0.15) is 70.8 Å². The lowest BCUT2D eigenvalue weighted by atomic mass is 10.0. The highest BCUT2D eigenvalue weighted by Crippen LogP contribution is 2.16. The number of rotatable bonds is 20. The second kappa shape index (κ2) is 18.2. The summed E-state index contributed by atoms with van der Waals surface area (Å²) in [5.41, 5.74) is 0.516. The molecule has 1 aromatic carbocycles. The summed E-state index contributed by atoms with van der Waals surface area (Å²) in [5, 5.41) is 35.0. The molecule has 0 aliphatic carbocycles. The minimum atomic E-state index is -2.10. The summed E-state index contributed by atoms with van der Waals surface area (Å²) >= 11 is 0. The molecule has 2 atom stereocenters. The topological polar surface area (TPSA) is 208 Å². The Kier molecular flexibility index (Phi) is 15.4. The van der Waals surface area contributed by atoms with E-state index in [0.29, 0.717) is 18.5 Å². The second-order valence-electron chi connectivity index (χ2n) is 9.26. The van der Waals surface area contributed by atoms with Crippen LogP contribution in [0.2, 0.25) is 0 Å². The molecule has 0 aliphatic heterocycles. The third-order valence-corrected chi connectivity index (χ3v) is 5.82. The number of nitrogens with one attached hydrogen (secondary N) is 3. The fraction of sp³-hybridized carbons (Fsp3) is 0.556. The third kappa shape index (κ3) is 13.1. The minimum absolute atomic E-state index is 0.0306. The van der Waals surface area contributed by atoms with Gasteiger partial charge >= 0.3 is 17.9 Å². The molecule has 3 amide bonds. The maximum Gasteiger partial charge on any atom is 0.356 e. The van der Waals surface area contributed by atoms with Crippen molar-refractivity contribution in [1.29, 1.82) is 0 Å². The number of carboxylic acid groups (broad SMARTS) is 3. The van der Waals surface area contributed by atoms with Crippen LogP contribution in [0.15, 0.2) is 24.3 Å². The van der Waals surface area contributed by atoms with Crippen LogP contribution in [0.25, 0.3) is 0 Å². The number of ether oxygens (including phenoxy) is 1. The molecular formula is C27H39N3O10. The van der Waals surface area contributed by atoms with Gasteiger partial charge in [0.1, 0.15) is 17.8 Å². The summed E-state index contributed by atoms with van der Waals surface area (Å²) in [6.07, 6.45) is 2.15. The SMILES string of the molecule is CCCCCNC(=O)C(Cc1ccc(OC(C(=O)O)C(=O)O)cc1)NC(=O)[C@H](CC(=O)O)NC(=O)CCCCC. The number of hydrogen-bond acceptors (Lipinski definition) is 7. The first-order valence-corrected chi connectivity index (χ1v) is 13.3. The molecule has 0 spiro atoms. The normalized spacial score (nSPS) is 12.2. The van der Waals surface area contributed by atoms with Gasteiger partial charge in [-0.2, -0.15) is 0 Å². The molecule has 1 rings (SSSR count). The van der Waals surface area contributed by atoms with Crippen LogP contribution in [0.4, 0.5) is 0 Å². The van der Waals surface area contributed by atoms with Gasteiger partial charge in [-0.3, -0.25) is 19.2 Å². The molecule has 13 heteroatoms. The van der Waals surface area contributed by atoms with Crippen molar-refractivity contribution in [3.63, 3.8) is 0 Å². The Morgan fingerprint density at radius 3 is 1.93 bits per heavy atom. The molecule has 40 heavy (non-hydrogen) atoms. The molecule has 0 bridgehead atoms. The van der Waals surface area contributed by atoms with Crippen molar-refractivity contribution >= 4 is 35.6 Å². The number of hydrogen-bond donors (Lipinski definition) is 6. The number of carboxylic acids is 3. The lowest BCUT2D eigenvalue weighted by molar-refractivity contribution is -0.159. The molecular weight excluding hydrogens is 526 g/mol. The molecule has 13 nitrogen and oxygen atoms in total. The van der Waals surface area contributed by atoms with Crippen LogP contribution in [0.5, 0.6) is 5.75 Å². The zero-order chi connectivity index (χ0) is 30.1. The molecule has 0 saturated heterocycles. The van der Waals surface area contributed by atoms with E-state index in [-0.39, 0.29) is 18.6 Å². The number of benzene rings is 1. The van der Waals surface area contributed by atoms with Gasteiger partial charge in [0.15, 0.2) is 0 Å². The van der Waals surface area contributed by atoms with E-state index in [9.17, 15) is 33.9 Å². The van der Waals surface area contributed by atoms with Crippen molar-refractivity contribution in [2.45, 2.75) is 89.8 Å². The quantitative estimate of drug-likeness (QED) is 0.0990. The highest BCUT2D eigenvalue weighted by molar-refractivity contribution is 5.96. The van der Waals surface area contributed by atoms with Crippen molar-refractivity contribution < 1.29 is 48.8 Å². The first-order valence-electron chi connectivity index (χ1n) is 13.3. The summed E-state index contributed by atoms with van der Waals surface area (Å²) in [7, 11) is 0. The van der Waals surface area contributed by atoms with Crippen molar-refractivity contribution in [3.8, 4) is 5.75 Å². The van der Waals surface area contributed by atoms with E-state index in [1.165, 1.54) is 24.3 Å². The highest BCUT2D eigenvalue weighted by Gasteiger charge is 2.30. The summed E-state index contributed by atoms with van der Waals surface area (Å²) in [6, 6.07) is 3.10. The molecule has 0 fully saturated rings. The van der Waals surface area contributed by atoms with E-state index in [2.05, 4.69) is 16.0 Å². The van der Waals surface area contributed by atoms with Crippen molar-refractivity contribution in [2.24, 2.45) is 0 Å². The summed E-state index contributed by atoms with van der Waals surface area (Å²) in [6.45, 7) is 4.34. The number of unbranched alkanes of at least 4 members (excludes halogenated alkanes) is 4. The Bertz CT molecular complexity index is 998. The van der Waals surface area contributed by atoms with E-state index in [4.69, 9.17) is 14.9 Å². The zero-order valence-electron chi connectivity index (χ0n) is 22.8. The van der Waals surface area contributed by atoms with Crippen molar-refractivity contribution in [1.82, 2.24) is 16.0 Å². The van der Waals surface area contributed by atoms with Gasteiger partial charge in [0.2, 0.25) is 17.7 Å². The number of carbonyl (C=O) groups is 6. The van der Waals surface area contributed by atoms with Crippen molar-refractivity contribution in [3.05, 3.63) is 29.8 Å². The van der Waals surface area contributed by atoms with Gasteiger partial charge in [-0.15, -0.1) is 0 Å². The Balaban J connectivity index is 3.05. The van der Waals surface area contributed by atoms with E-state index in [0.717, 1.165) is 32.1 Å². The van der Waals surface area contributed by atoms with E-state index >= 15 is 0 Å². The first kappa shape index (κ1) is 33.9. The largest absolute Gasteiger partial charge is 0.481 e. The van der Waals surface area contributed by atoms with E-state index < -0.39 is 60.2 Å². The first-order chi connectivity index (χ1) is 19.0. The van der Waals surface area contributed by atoms with Crippen LogP contribution in [0, 0.1) is 0 Å². The molecule has 0 radical (unpaired) electrons. The average Bonchev–Trinajstić information content (AvgIpc) is 2.89. The van der Waals surface area contributed by atoms with E-state index in [1.807, 2.05) is 13.8 Å². The van der Waals surface area contributed by atoms with E-state index in [1.54, 1.807) is 0 Å². The van der Waals surface area contributed by atoms with Crippen LogP contribution < -0.4 is 20.7 Å². The Morgan fingerprint density at radius 1 is 0.775 bits per heavy atom. The van der Waals surface area contributed by atoms with Crippen molar-refractivity contribution in [2.75, 3.05) is 6.54 Å².